The van der Waals surface area contributed by atoms with E-state index < -0.39 is 21.7 Å². The van der Waals surface area contributed by atoms with Crippen molar-refractivity contribution in [1.29, 1.82) is 0 Å². The van der Waals surface area contributed by atoms with E-state index in [1.165, 1.54) is 4.31 Å². The molecule has 6 nitrogen and oxygen atoms in total. The number of hydrogen-bond donors (Lipinski definition) is 0. The summed E-state index contributed by atoms with van der Waals surface area (Å²) in [5.41, 5.74) is 0. The van der Waals surface area contributed by atoms with Gasteiger partial charge in [-0.15, -0.1) is 0 Å². The van der Waals surface area contributed by atoms with Gasteiger partial charge in [0.05, 0.1) is 4.90 Å². The highest BCUT2D eigenvalue weighted by atomic mass is 32.2. The second kappa shape index (κ2) is 7.01. The molecular weight excluding hydrogens is 352 g/mol. The maximum Gasteiger partial charge on any atom is 0.243 e. The number of rotatable bonds is 4. The van der Waals surface area contributed by atoms with Gasteiger partial charge in [0, 0.05) is 25.4 Å². The van der Waals surface area contributed by atoms with E-state index in [2.05, 4.69) is 9.97 Å². The number of aryl methyl sites for hydroxylation is 1. The van der Waals surface area contributed by atoms with E-state index in [0.717, 1.165) is 12.1 Å². The first kappa shape index (κ1) is 17.7. The summed E-state index contributed by atoms with van der Waals surface area (Å²) >= 11 is 0. The topological polar surface area (TPSA) is 72.4 Å². The van der Waals surface area contributed by atoms with E-state index in [1.54, 1.807) is 19.2 Å². The fourth-order valence-corrected chi connectivity index (χ4v) is 4.13. The molecule has 25 heavy (non-hydrogen) atoms. The van der Waals surface area contributed by atoms with Gasteiger partial charge in [0.25, 0.3) is 0 Å². The second-order valence-electron chi connectivity index (χ2n) is 5.74. The predicted molar refractivity (Wildman–Crippen MR) is 85.5 cm³/mol. The van der Waals surface area contributed by atoms with Crippen LogP contribution in [0.1, 0.15) is 18.7 Å². The number of nitrogens with zero attached hydrogens (tertiary/aromatic N) is 3. The number of sulfonamides is 1. The summed E-state index contributed by atoms with van der Waals surface area (Å²) in [4.78, 5) is 7.89. The largest absolute Gasteiger partial charge is 0.474 e. The van der Waals surface area contributed by atoms with Crippen molar-refractivity contribution in [3.8, 4) is 5.88 Å². The minimum Gasteiger partial charge on any atom is -0.474 e. The van der Waals surface area contributed by atoms with Gasteiger partial charge in [-0.25, -0.2) is 22.2 Å². The lowest BCUT2D eigenvalue weighted by atomic mass is 10.1. The van der Waals surface area contributed by atoms with E-state index in [1.807, 2.05) is 0 Å². The van der Waals surface area contributed by atoms with Gasteiger partial charge < -0.3 is 4.74 Å². The highest BCUT2D eigenvalue weighted by Gasteiger charge is 2.30. The molecule has 0 bridgehead atoms. The molecule has 1 aliphatic rings. The lowest BCUT2D eigenvalue weighted by Crippen LogP contribution is -2.41. The average molecular weight is 369 g/mol. The molecule has 0 N–H and O–H groups in total. The van der Waals surface area contributed by atoms with E-state index >= 15 is 0 Å². The zero-order valence-electron chi connectivity index (χ0n) is 13.5. The Morgan fingerprint density at radius 1 is 1.16 bits per heavy atom. The molecular formula is C16H17F2N3O3S. The summed E-state index contributed by atoms with van der Waals surface area (Å²) in [5.74, 6) is -1.21. The predicted octanol–water partition coefficient (Wildman–Crippen LogP) is 2.30. The van der Waals surface area contributed by atoms with Crippen LogP contribution in [0.25, 0.3) is 0 Å². The summed E-state index contributed by atoms with van der Waals surface area (Å²) < 4.78 is 58.4. The minimum absolute atomic E-state index is 0.161. The Hall–Kier alpha value is -2.13. The fourth-order valence-electron chi connectivity index (χ4n) is 2.65. The molecule has 0 amide bonds. The number of aromatic nitrogens is 2. The Bertz CT molecular complexity index is 869. The maximum atomic E-state index is 13.3. The summed E-state index contributed by atoms with van der Waals surface area (Å²) in [5, 5.41) is 0. The van der Waals surface area contributed by atoms with Crippen molar-refractivity contribution in [1.82, 2.24) is 14.3 Å². The molecule has 1 aliphatic heterocycles. The monoisotopic (exact) mass is 369 g/mol. The molecule has 2 heterocycles. The van der Waals surface area contributed by atoms with E-state index in [0.29, 0.717) is 30.6 Å². The van der Waals surface area contributed by atoms with Crippen LogP contribution in [0.2, 0.25) is 0 Å². The molecule has 1 fully saturated rings. The zero-order chi connectivity index (χ0) is 18.0. The third kappa shape index (κ3) is 3.93. The van der Waals surface area contributed by atoms with Crippen molar-refractivity contribution < 1.29 is 21.9 Å². The molecule has 2 aromatic rings. The molecule has 1 aromatic heterocycles. The van der Waals surface area contributed by atoms with E-state index in [9.17, 15) is 17.2 Å². The van der Waals surface area contributed by atoms with Crippen LogP contribution in [-0.2, 0) is 10.0 Å². The Kier molecular flexibility index (Phi) is 4.96. The number of ether oxygens (including phenoxy) is 1. The van der Waals surface area contributed by atoms with Crippen molar-refractivity contribution in [2.24, 2.45) is 0 Å². The summed E-state index contributed by atoms with van der Waals surface area (Å²) in [7, 11) is -3.86. The lowest BCUT2D eigenvalue weighted by Gasteiger charge is -2.31. The smallest absolute Gasteiger partial charge is 0.243 e. The van der Waals surface area contributed by atoms with Gasteiger partial charge in [0.1, 0.15) is 11.9 Å². The van der Waals surface area contributed by atoms with Gasteiger partial charge in [0.15, 0.2) is 11.6 Å². The molecule has 0 spiro atoms. The first-order chi connectivity index (χ1) is 11.9. The summed E-state index contributed by atoms with van der Waals surface area (Å²) in [6.45, 7) is 2.22. The summed E-state index contributed by atoms with van der Waals surface area (Å²) in [6, 6.07) is 4.24. The molecule has 1 aromatic carbocycles. The molecule has 0 unspecified atom stereocenters. The zero-order valence-corrected chi connectivity index (χ0v) is 14.3. The molecule has 3 rings (SSSR count). The van der Waals surface area contributed by atoms with Crippen molar-refractivity contribution >= 4 is 10.0 Å². The van der Waals surface area contributed by atoms with Crippen LogP contribution < -0.4 is 4.74 Å². The fraction of sp³-hybridized carbons (Fsp3) is 0.375. The second-order valence-corrected chi connectivity index (χ2v) is 7.68. The number of halogens is 2. The Labute approximate surface area is 144 Å². The lowest BCUT2D eigenvalue weighted by molar-refractivity contribution is 0.129. The normalized spacial score (nSPS) is 16.8. The van der Waals surface area contributed by atoms with Gasteiger partial charge in [-0.1, -0.05) is 0 Å². The van der Waals surface area contributed by atoms with Gasteiger partial charge in [-0.05, 0) is 38.0 Å². The molecule has 9 heteroatoms. The molecule has 0 aliphatic carbocycles. The maximum absolute atomic E-state index is 13.3. The van der Waals surface area contributed by atoms with Gasteiger partial charge in [-0.2, -0.15) is 9.29 Å². The van der Waals surface area contributed by atoms with Crippen LogP contribution in [0, 0.1) is 18.6 Å². The Balaban J connectivity index is 1.66. The van der Waals surface area contributed by atoms with Gasteiger partial charge in [-0.3, -0.25) is 0 Å². The summed E-state index contributed by atoms with van der Waals surface area (Å²) in [6.07, 6.45) is 2.39. The van der Waals surface area contributed by atoms with Crippen LogP contribution in [0.15, 0.2) is 35.4 Å². The SMILES string of the molecule is Cc1nccc(OC2CCN(S(=O)(=O)c3ccc(F)c(F)c3)CC2)n1. The molecule has 0 saturated carbocycles. The Morgan fingerprint density at radius 3 is 2.52 bits per heavy atom. The molecule has 0 atom stereocenters. The van der Waals surface area contributed by atoms with Crippen LogP contribution in [0.5, 0.6) is 5.88 Å². The molecule has 1 saturated heterocycles. The van der Waals surface area contributed by atoms with Gasteiger partial charge in [0.2, 0.25) is 15.9 Å². The Morgan fingerprint density at radius 2 is 1.88 bits per heavy atom. The number of benzene rings is 1. The highest BCUT2D eigenvalue weighted by Crippen LogP contribution is 2.24. The quantitative estimate of drug-likeness (QED) is 0.827. The minimum atomic E-state index is -3.86. The molecule has 134 valence electrons. The van der Waals surface area contributed by atoms with Crippen LogP contribution in [-0.4, -0.2) is 41.9 Å². The van der Waals surface area contributed by atoms with Crippen LogP contribution in [0.4, 0.5) is 8.78 Å². The standard InChI is InChI=1S/C16H17F2N3O3S/c1-11-19-7-4-16(20-11)24-12-5-8-21(9-6-12)25(22,23)13-2-3-14(17)15(18)10-13/h2-4,7,10,12H,5-6,8-9H2,1H3. The average Bonchev–Trinajstić information content (AvgIpc) is 2.58. The van der Waals surface area contributed by atoms with E-state index in [-0.39, 0.29) is 24.1 Å². The van der Waals surface area contributed by atoms with Crippen molar-refractivity contribution in [2.75, 3.05) is 13.1 Å². The van der Waals surface area contributed by atoms with Crippen molar-refractivity contribution in [2.45, 2.75) is 30.8 Å². The van der Waals surface area contributed by atoms with Gasteiger partial charge >= 0.3 is 0 Å². The number of hydrogen-bond acceptors (Lipinski definition) is 5. The van der Waals surface area contributed by atoms with Crippen molar-refractivity contribution in [3.05, 3.63) is 47.9 Å². The first-order valence-electron chi connectivity index (χ1n) is 7.78. The van der Waals surface area contributed by atoms with E-state index in [4.69, 9.17) is 4.74 Å². The number of piperidine rings is 1. The van der Waals surface area contributed by atoms with Crippen LogP contribution >= 0.6 is 0 Å². The third-order valence-electron chi connectivity index (χ3n) is 3.97. The van der Waals surface area contributed by atoms with Crippen molar-refractivity contribution in [3.63, 3.8) is 0 Å². The molecule has 0 radical (unpaired) electrons. The highest BCUT2D eigenvalue weighted by molar-refractivity contribution is 7.89. The van der Waals surface area contributed by atoms with Crippen LogP contribution in [0.3, 0.4) is 0 Å². The third-order valence-corrected chi connectivity index (χ3v) is 5.86. The first-order valence-corrected chi connectivity index (χ1v) is 9.22.